The third kappa shape index (κ3) is 3.69. The van der Waals surface area contributed by atoms with Gasteiger partial charge in [-0.25, -0.2) is 4.39 Å². The standard InChI is InChI=1S/C14H18BrClFN/c15-12-5-11(6-13(17)7-12)8-18-10-14(9-16)3-1-2-4-14/h5-7,18H,1-4,8-10H2. The quantitative estimate of drug-likeness (QED) is 0.783. The highest BCUT2D eigenvalue weighted by Gasteiger charge is 2.32. The number of halogens is 3. The second-order valence-corrected chi connectivity index (χ2v) is 6.40. The molecular weight excluding hydrogens is 317 g/mol. The molecule has 0 unspecified atom stereocenters. The van der Waals surface area contributed by atoms with Gasteiger partial charge in [-0.3, -0.25) is 0 Å². The van der Waals surface area contributed by atoms with E-state index in [4.69, 9.17) is 11.6 Å². The number of nitrogens with one attached hydrogen (secondary N) is 1. The van der Waals surface area contributed by atoms with Crippen molar-refractivity contribution in [1.82, 2.24) is 5.32 Å². The van der Waals surface area contributed by atoms with Crippen LogP contribution in [-0.4, -0.2) is 12.4 Å². The van der Waals surface area contributed by atoms with Crippen LogP contribution < -0.4 is 5.32 Å². The van der Waals surface area contributed by atoms with Crippen molar-refractivity contribution < 1.29 is 4.39 Å². The highest BCUT2D eigenvalue weighted by molar-refractivity contribution is 9.10. The molecule has 4 heteroatoms. The van der Waals surface area contributed by atoms with Crippen LogP contribution in [0.25, 0.3) is 0 Å². The maximum atomic E-state index is 13.2. The van der Waals surface area contributed by atoms with Gasteiger partial charge in [-0.15, -0.1) is 11.6 Å². The summed E-state index contributed by atoms with van der Waals surface area (Å²) in [6.45, 7) is 1.61. The molecule has 0 bridgehead atoms. The lowest BCUT2D eigenvalue weighted by molar-refractivity contribution is 0.320. The Labute approximate surface area is 121 Å². The van der Waals surface area contributed by atoms with E-state index in [2.05, 4.69) is 21.2 Å². The van der Waals surface area contributed by atoms with E-state index in [0.29, 0.717) is 12.4 Å². The van der Waals surface area contributed by atoms with E-state index in [9.17, 15) is 4.39 Å². The van der Waals surface area contributed by atoms with Crippen LogP contribution in [-0.2, 0) is 6.54 Å². The lowest BCUT2D eigenvalue weighted by Crippen LogP contribution is -2.33. The molecule has 1 aliphatic rings. The molecule has 0 saturated heterocycles. The molecular formula is C14H18BrClFN. The monoisotopic (exact) mass is 333 g/mol. The SMILES string of the molecule is Fc1cc(Br)cc(CNCC2(CCl)CCCC2)c1. The number of alkyl halides is 1. The molecule has 0 atom stereocenters. The Morgan fingerprint density at radius 3 is 2.61 bits per heavy atom. The maximum Gasteiger partial charge on any atom is 0.124 e. The molecule has 0 amide bonds. The van der Waals surface area contributed by atoms with Crippen molar-refractivity contribution >= 4 is 27.5 Å². The van der Waals surface area contributed by atoms with Crippen LogP contribution in [0.3, 0.4) is 0 Å². The lowest BCUT2D eigenvalue weighted by atomic mass is 9.88. The zero-order chi connectivity index (χ0) is 13.0. The summed E-state index contributed by atoms with van der Waals surface area (Å²) in [5, 5.41) is 3.42. The lowest BCUT2D eigenvalue weighted by Gasteiger charge is -2.26. The minimum Gasteiger partial charge on any atom is -0.312 e. The van der Waals surface area contributed by atoms with E-state index < -0.39 is 0 Å². The molecule has 1 aromatic carbocycles. The fourth-order valence-corrected chi connectivity index (χ4v) is 3.54. The van der Waals surface area contributed by atoms with Crippen LogP contribution in [0.1, 0.15) is 31.2 Å². The van der Waals surface area contributed by atoms with Gasteiger partial charge >= 0.3 is 0 Å². The Kier molecular flexibility index (Phi) is 5.05. The summed E-state index contributed by atoms with van der Waals surface area (Å²) < 4.78 is 14.0. The second-order valence-electron chi connectivity index (χ2n) is 5.22. The number of hydrogen-bond donors (Lipinski definition) is 1. The molecule has 1 nitrogen and oxygen atoms in total. The zero-order valence-corrected chi connectivity index (χ0v) is 12.7. The van der Waals surface area contributed by atoms with Gasteiger partial charge in [0.15, 0.2) is 0 Å². The van der Waals surface area contributed by atoms with Gasteiger partial charge in [0.1, 0.15) is 5.82 Å². The molecule has 1 saturated carbocycles. The van der Waals surface area contributed by atoms with Gasteiger partial charge in [-0.05, 0) is 42.0 Å². The van der Waals surface area contributed by atoms with Gasteiger partial charge in [0, 0.05) is 23.4 Å². The summed E-state index contributed by atoms with van der Waals surface area (Å²) >= 11 is 9.40. The van der Waals surface area contributed by atoms with Gasteiger partial charge < -0.3 is 5.32 Å². The van der Waals surface area contributed by atoms with Gasteiger partial charge in [-0.1, -0.05) is 28.8 Å². The Morgan fingerprint density at radius 2 is 2.00 bits per heavy atom. The van der Waals surface area contributed by atoms with E-state index in [0.717, 1.165) is 16.6 Å². The first kappa shape index (κ1) is 14.3. The smallest absolute Gasteiger partial charge is 0.124 e. The first-order chi connectivity index (χ1) is 8.63. The van der Waals surface area contributed by atoms with E-state index in [1.165, 1.54) is 31.7 Å². The molecule has 1 aliphatic carbocycles. The highest BCUT2D eigenvalue weighted by Crippen LogP contribution is 2.38. The van der Waals surface area contributed by atoms with E-state index in [-0.39, 0.29) is 11.2 Å². The Bertz CT molecular complexity index is 385. The summed E-state index contributed by atoms with van der Waals surface area (Å²) in [5.74, 6) is 0.515. The van der Waals surface area contributed by atoms with Gasteiger partial charge in [0.05, 0.1) is 0 Å². The van der Waals surface area contributed by atoms with Crippen molar-refractivity contribution in [3.8, 4) is 0 Å². The maximum absolute atomic E-state index is 13.2. The Morgan fingerprint density at radius 1 is 1.28 bits per heavy atom. The first-order valence-electron chi connectivity index (χ1n) is 6.35. The summed E-state index contributed by atoms with van der Waals surface area (Å²) in [6.07, 6.45) is 4.96. The van der Waals surface area contributed by atoms with Crippen molar-refractivity contribution in [2.75, 3.05) is 12.4 Å². The van der Waals surface area contributed by atoms with Crippen LogP contribution in [0.5, 0.6) is 0 Å². The van der Waals surface area contributed by atoms with Crippen molar-refractivity contribution in [3.63, 3.8) is 0 Å². The van der Waals surface area contributed by atoms with E-state index in [1.54, 1.807) is 6.07 Å². The van der Waals surface area contributed by atoms with Crippen molar-refractivity contribution in [2.45, 2.75) is 32.2 Å². The van der Waals surface area contributed by atoms with Gasteiger partial charge in [-0.2, -0.15) is 0 Å². The van der Waals surface area contributed by atoms with Crippen LogP contribution in [0, 0.1) is 11.2 Å². The molecule has 0 radical (unpaired) electrons. The van der Waals surface area contributed by atoms with Crippen LogP contribution in [0.4, 0.5) is 4.39 Å². The fraction of sp³-hybridized carbons (Fsp3) is 0.571. The predicted molar refractivity (Wildman–Crippen MR) is 77.4 cm³/mol. The third-order valence-electron chi connectivity index (χ3n) is 3.70. The van der Waals surface area contributed by atoms with Gasteiger partial charge in [0.2, 0.25) is 0 Å². The molecule has 1 aromatic rings. The molecule has 18 heavy (non-hydrogen) atoms. The molecule has 0 spiro atoms. The third-order valence-corrected chi connectivity index (χ3v) is 4.72. The summed E-state index contributed by atoms with van der Waals surface area (Å²) in [5.41, 5.74) is 1.22. The van der Waals surface area contributed by atoms with E-state index >= 15 is 0 Å². The molecule has 0 heterocycles. The number of benzene rings is 1. The normalized spacial score (nSPS) is 18.2. The van der Waals surface area contributed by atoms with Crippen molar-refractivity contribution in [1.29, 1.82) is 0 Å². The van der Waals surface area contributed by atoms with Gasteiger partial charge in [0.25, 0.3) is 0 Å². The summed E-state index contributed by atoms with van der Waals surface area (Å²) in [4.78, 5) is 0. The second kappa shape index (κ2) is 6.36. The molecule has 0 aromatic heterocycles. The Hall–Kier alpha value is -0.120. The predicted octanol–water partition coefficient (Wildman–Crippen LogP) is 4.48. The number of hydrogen-bond acceptors (Lipinski definition) is 1. The van der Waals surface area contributed by atoms with Crippen molar-refractivity contribution in [3.05, 3.63) is 34.1 Å². The first-order valence-corrected chi connectivity index (χ1v) is 7.68. The summed E-state index contributed by atoms with van der Waals surface area (Å²) in [6, 6.07) is 4.98. The number of rotatable bonds is 5. The van der Waals surface area contributed by atoms with Crippen LogP contribution in [0.15, 0.2) is 22.7 Å². The van der Waals surface area contributed by atoms with E-state index in [1.807, 2.05) is 6.07 Å². The summed E-state index contributed by atoms with van der Waals surface area (Å²) in [7, 11) is 0. The fourth-order valence-electron chi connectivity index (χ4n) is 2.67. The zero-order valence-electron chi connectivity index (χ0n) is 10.3. The molecule has 100 valence electrons. The topological polar surface area (TPSA) is 12.0 Å². The molecule has 1 fully saturated rings. The van der Waals surface area contributed by atoms with Crippen molar-refractivity contribution in [2.24, 2.45) is 5.41 Å². The van der Waals surface area contributed by atoms with Crippen LogP contribution in [0.2, 0.25) is 0 Å². The largest absolute Gasteiger partial charge is 0.312 e. The molecule has 0 aliphatic heterocycles. The molecule has 1 N–H and O–H groups in total. The minimum atomic E-state index is -0.200. The molecule has 2 rings (SSSR count). The minimum absolute atomic E-state index is 0.200. The Balaban J connectivity index is 1.87. The average Bonchev–Trinajstić information content (AvgIpc) is 2.77. The average molecular weight is 335 g/mol. The highest BCUT2D eigenvalue weighted by atomic mass is 79.9. The van der Waals surface area contributed by atoms with Crippen LogP contribution >= 0.6 is 27.5 Å².